The molecule has 0 radical (unpaired) electrons. The molecule has 1 aromatic heterocycles. The van der Waals surface area contributed by atoms with Gasteiger partial charge in [-0.1, -0.05) is 6.92 Å². The largest absolute Gasteiger partial charge is 0.472 e. The highest BCUT2D eigenvalue weighted by atomic mass is 16.3. The Morgan fingerprint density at radius 3 is 2.88 bits per heavy atom. The summed E-state index contributed by atoms with van der Waals surface area (Å²) >= 11 is 0. The first-order valence-electron chi connectivity index (χ1n) is 6.32. The number of furan rings is 1. The van der Waals surface area contributed by atoms with Crippen LogP contribution in [0.2, 0.25) is 0 Å². The zero-order valence-corrected chi connectivity index (χ0v) is 10.1. The van der Waals surface area contributed by atoms with Crippen molar-refractivity contribution < 1.29 is 4.42 Å². The molecule has 0 atom stereocenters. The lowest BCUT2D eigenvalue weighted by Gasteiger charge is -2.31. The van der Waals surface area contributed by atoms with Gasteiger partial charge in [0.2, 0.25) is 0 Å². The topological polar surface area (TPSA) is 28.4 Å². The average molecular weight is 222 g/mol. The normalized spacial score (nSPS) is 19.1. The van der Waals surface area contributed by atoms with Gasteiger partial charge in [-0.15, -0.1) is 0 Å². The molecule has 1 aliphatic rings. The van der Waals surface area contributed by atoms with Crippen LogP contribution in [0.3, 0.4) is 0 Å². The van der Waals surface area contributed by atoms with Crippen molar-refractivity contribution >= 4 is 0 Å². The molecule has 2 rings (SSSR count). The maximum Gasteiger partial charge on any atom is 0.0947 e. The molecule has 3 heteroatoms. The summed E-state index contributed by atoms with van der Waals surface area (Å²) in [5, 5.41) is 3.51. The van der Waals surface area contributed by atoms with Gasteiger partial charge in [-0.2, -0.15) is 0 Å². The van der Waals surface area contributed by atoms with E-state index in [1.54, 1.807) is 6.26 Å². The summed E-state index contributed by atoms with van der Waals surface area (Å²) in [6.45, 7) is 8.07. The summed E-state index contributed by atoms with van der Waals surface area (Å²) in [4.78, 5) is 2.53. The second-order valence-corrected chi connectivity index (χ2v) is 4.64. The summed E-state index contributed by atoms with van der Waals surface area (Å²) in [5.74, 6) is 0.856. The molecule has 3 nitrogen and oxygen atoms in total. The fourth-order valence-electron chi connectivity index (χ4n) is 2.32. The van der Waals surface area contributed by atoms with E-state index in [1.807, 2.05) is 12.3 Å². The highest BCUT2D eigenvalue weighted by Gasteiger charge is 2.17. The van der Waals surface area contributed by atoms with E-state index in [0.29, 0.717) is 0 Å². The van der Waals surface area contributed by atoms with Crippen LogP contribution < -0.4 is 5.32 Å². The number of hydrogen-bond acceptors (Lipinski definition) is 3. The molecule has 0 aromatic carbocycles. The number of likely N-dealkylation sites (tertiary alicyclic amines) is 1. The minimum absolute atomic E-state index is 0.856. The van der Waals surface area contributed by atoms with Crippen LogP contribution in [0.25, 0.3) is 0 Å². The fraction of sp³-hybridized carbons (Fsp3) is 0.692. The maximum absolute atomic E-state index is 5.04. The summed E-state index contributed by atoms with van der Waals surface area (Å²) in [5.41, 5.74) is 1.24. The van der Waals surface area contributed by atoms with Gasteiger partial charge in [0.05, 0.1) is 12.5 Å². The molecular formula is C13H22N2O. The molecule has 0 bridgehead atoms. The molecule has 2 heterocycles. The average Bonchev–Trinajstić information content (AvgIpc) is 2.83. The second kappa shape index (κ2) is 6.06. The molecule has 0 saturated carbocycles. The van der Waals surface area contributed by atoms with E-state index in [1.165, 1.54) is 38.0 Å². The van der Waals surface area contributed by atoms with Gasteiger partial charge in [-0.05, 0) is 51.0 Å². The standard InChI is InChI=1S/C13H22N2O/c1-2-15-6-3-12(4-7-15)9-14-10-13-5-8-16-11-13/h5,8,11-12,14H,2-4,6-7,9-10H2,1H3. The first-order chi connectivity index (χ1) is 7.88. The molecule has 1 aromatic rings. The van der Waals surface area contributed by atoms with Gasteiger partial charge in [0.15, 0.2) is 0 Å². The molecule has 0 amide bonds. The molecule has 0 unspecified atom stereocenters. The SMILES string of the molecule is CCN1CCC(CNCc2ccoc2)CC1. The quantitative estimate of drug-likeness (QED) is 0.827. The smallest absolute Gasteiger partial charge is 0.0947 e. The first kappa shape index (κ1) is 11.7. The predicted octanol–water partition coefficient (Wildman–Crippen LogP) is 2.10. The summed E-state index contributed by atoms with van der Waals surface area (Å²) in [7, 11) is 0. The third-order valence-electron chi connectivity index (χ3n) is 3.50. The monoisotopic (exact) mass is 222 g/mol. The molecule has 1 N–H and O–H groups in total. The number of nitrogens with zero attached hydrogens (tertiary/aromatic N) is 1. The highest BCUT2D eigenvalue weighted by molar-refractivity contribution is 5.04. The van der Waals surface area contributed by atoms with E-state index in [-0.39, 0.29) is 0 Å². The number of piperidine rings is 1. The molecule has 90 valence electrons. The van der Waals surface area contributed by atoms with Crippen molar-refractivity contribution in [2.45, 2.75) is 26.3 Å². The third-order valence-corrected chi connectivity index (χ3v) is 3.50. The van der Waals surface area contributed by atoms with Crippen molar-refractivity contribution in [3.05, 3.63) is 24.2 Å². The van der Waals surface area contributed by atoms with Gasteiger partial charge < -0.3 is 14.6 Å². The van der Waals surface area contributed by atoms with Gasteiger partial charge in [0.25, 0.3) is 0 Å². The molecule has 1 aliphatic heterocycles. The predicted molar refractivity (Wildman–Crippen MR) is 65.3 cm³/mol. The maximum atomic E-state index is 5.04. The molecule has 1 saturated heterocycles. The van der Waals surface area contributed by atoms with Crippen LogP contribution in [-0.2, 0) is 6.54 Å². The van der Waals surface area contributed by atoms with Crippen LogP contribution in [0.4, 0.5) is 0 Å². The third kappa shape index (κ3) is 3.35. The second-order valence-electron chi connectivity index (χ2n) is 4.64. The summed E-state index contributed by atoms with van der Waals surface area (Å²) < 4.78 is 5.04. The lowest BCUT2D eigenvalue weighted by molar-refractivity contribution is 0.190. The van der Waals surface area contributed by atoms with Crippen LogP contribution in [0.5, 0.6) is 0 Å². The fourth-order valence-corrected chi connectivity index (χ4v) is 2.32. The minimum atomic E-state index is 0.856. The Balaban J connectivity index is 1.60. The zero-order valence-electron chi connectivity index (χ0n) is 10.1. The van der Waals surface area contributed by atoms with Crippen LogP contribution in [0.15, 0.2) is 23.0 Å². The number of hydrogen-bond donors (Lipinski definition) is 1. The first-order valence-corrected chi connectivity index (χ1v) is 6.32. The van der Waals surface area contributed by atoms with E-state index in [4.69, 9.17) is 4.42 Å². The Hall–Kier alpha value is -0.800. The van der Waals surface area contributed by atoms with Crippen LogP contribution in [0.1, 0.15) is 25.3 Å². The van der Waals surface area contributed by atoms with E-state index in [9.17, 15) is 0 Å². The molecule has 16 heavy (non-hydrogen) atoms. The minimum Gasteiger partial charge on any atom is -0.472 e. The Morgan fingerprint density at radius 1 is 1.44 bits per heavy atom. The van der Waals surface area contributed by atoms with Crippen LogP contribution >= 0.6 is 0 Å². The number of rotatable bonds is 5. The van der Waals surface area contributed by atoms with Gasteiger partial charge in [-0.25, -0.2) is 0 Å². The van der Waals surface area contributed by atoms with Gasteiger partial charge in [0.1, 0.15) is 0 Å². The molecule has 1 fully saturated rings. The van der Waals surface area contributed by atoms with Crippen molar-refractivity contribution in [3.8, 4) is 0 Å². The Kier molecular flexibility index (Phi) is 4.43. The van der Waals surface area contributed by atoms with Crippen molar-refractivity contribution in [1.82, 2.24) is 10.2 Å². The van der Waals surface area contributed by atoms with Crippen LogP contribution in [-0.4, -0.2) is 31.1 Å². The van der Waals surface area contributed by atoms with Gasteiger partial charge >= 0.3 is 0 Å². The van der Waals surface area contributed by atoms with Crippen molar-refractivity contribution in [2.24, 2.45) is 5.92 Å². The van der Waals surface area contributed by atoms with E-state index < -0.39 is 0 Å². The zero-order chi connectivity index (χ0) is 11.2. The summed E-state index contributed by atoms with van der Waals surface area (Å²) in [6.07, 6.45) is 6.22. The molecular weight excluding hydrogens is 200 g/mol. The Labute approximate surface area is 97.8 Å². The Bertz CT molecular complexity index is 276. The Morgan fingerprint density at radius 2 is 2.25 bits per heavy atom. The number of nitrogens with one attached hydrogen (secondary N) is 1. The van der Waals surface area contributed by atoms with E-state index >= 15 is 0 Å². The highest BCUT2D eigenvalue weighted by Crippen LogP contribution is 2.15. The van der Waals surface area contributed by atoms with Gasteiger partial charge in [-0.3, -0.25) is 0 Å². The lowest BCUT2D eigenvalue weighted by atomic mass is 9.97. The molecule has 0 aliphatic carbocycles. The van der Waals surface area contributed by atoms with E-state index in [0.717, 1.165) is 19.0 Å². The van der Waals surface area contributed by atoms with Crippen molar-refractivity contribution in [1.29, 1.82) is 0 Å². The van der Waals surface area contributed by atoms with Crippen molar-refractivity contribution in [3.63, 3.8) is 0 Å². The molecule has 0 spiro atoms. The summed E-state index contributed by atoms with van der Waals surface area (Å²) in [6, 6.07) is 2.02. The van der Waals surface area contributed by atoms with Crippen molar-refractivity contribution in [2.75, 3.05) is 26.2 Å². The lowest BCUT2D eigenvalue weighted by Crippen LogP contribution is -2.36. The van der Waals surface area contributed by atoms with Gasteiger partial charge in [0, 0.05) is 12.1 Å². The van der Waals surface area contributed by atoms with Crippen LogP contribution in [0, 0.1) is 5.92 Å². The van der Waals surface area contributed by atoms with E-state index in [2.05, 4.69) is 17.1 Å².